The first-order valence-electron chi connectivity index (χ1n) is 6.90. The first kappa shape index (κ1) is 13.5. The van der Waals surface area contributed by atoms with Crippen LogP contribution in [0.25, 0.3) is 10.8 Å². The van der Waals surface area contributed by atoms with Gasteiger partial charge in [-0.25, -0.2) is 4.39 Å². The van der Waals surface area contributed by atoms with E-state index in [0.717, 1.165) is 16.3 Å². The predicted molar refractivity (Wildman–Crippen MR) is 83.1 cm³/mol. The van der Waals surface area contributed by atoms with Crippen molar-refractivity contribution >= 4 is 16.6 Å². The molecule has 0 unspecified atom stereocenters. The monoisotopic (exact) mass is 278 g/mol. The van der Waals surface area contributed by atoms with Gasteiger partial charge in [-0.15, -0.1) is 0 Å². The summed E-state index contributed by atoms with van der Waals surface area (Å²) in [5.41, 5.74) is 2.24. The van der Waals surface area contributed by atoms with Crippen molar-refractivity contribution in [1.82, 2.24) is 0 Å². The number of Topliss-reactive ketones (excluding diaryl/α,β-unsaturated/α-hetero) is 1. The summed E-state index contributed by atoms with van der Waals surface area (Å²) in [6, 6.07) is 18.4. The number of carbonyl (C=O) groups excluding carboxylic acids is 1. The molecule has 0 saturated carbocycles. The van der Waals surface area contributed by atoms with Gasteiger partial charge in [-0.05, 0) is 47.0 Å². The minimum atomic E-state index is -0.310. The van der Waals surface area contributed by atoms with Gasteiger partial charge in [0.2, 0.25) is 0 Å². The predicted octanol–water partition coefficient (Wildman–Crippen LogP) is 4.71. The molecule has 0 aliphatic heterocycles. The fourth-order valence-corrected chi connectivity index (χ4v) is 2.57. The lowest BCUT2D eigenvalue weighted by Gasteiger charge is -2.06. The van der Waals surface area contributed by atoms with Crippen LogP contribution in [0.15, 0.2) is 60.7 Å². The molecule has 0 heterocycles. The number of aryl methyl sites for hydroxylation is 1. The Morgan fingerprint density at radius 2 is 1.71 bits per heavy atom. The third kappa shape index (κ3) is 2.84. The maximum atomic E-state index is 13.1. The summed E-state index contributed by atoms with van der Waals surface area (Å²) in [7, 11) is 0. The lowest BCUT2D eigenvalue weighted by atomic mass is 9.97. The lowest BCUT2D eigenvalue weighted by molar-refractivity contribution is 0.0992. The zero-order valence-electron chi connectivity index (χ0n) is 11.8. The number of carbonyl (C=O) groups is 1. The number of ketones is 1. The number of fused-ring (bicyclic) bond motifs is 1. The van der Waals surface area contributed by atoms with Crippen molar-refractivity contribution in [3.63, 3.8) is 0 Å². The average molecular weight is 278 g/mol. The zero-order valence-corrected chi connectivity index (χ0v) is 11.8. The molecule has 0 fully saturated rings. The molecular formula is C19H15FO. The van der Waals surface area contributed by atoms with Gasteiger partial charge in [0.15, 0.2) is 5.78 Å². The fraction of sp³-hybridized carbons (Fsp3) is 0.105. The molecular weight excluding hydrogens is 263 g/mol. The quantitative estimate of drug-likeness (QED) is 0.634. The van der Waals surface area contributed by atoms with E-state index in [-0.39, 0.29) is 11.6 Å². The third-order valence-corrected chi connectivity index (χ3v) is 3.67. The van der Waals surface area contributed by atoms with Crippen molar-refractivity contribution in [2.75, 3.05) is 0 Å². The molecule has 21 heavy (non-hydrogen) atoms. The molecule has 1 nitrogen and oxygen atoms in total. The normalized spacial score (nSPS) is 10.8. The maximum absolute atomic E-state index is 13.1. The Hall–Kier alpha value is -2.48. The van der Waals surface area contributed by atoms with E-state index >= 15 is 0 Å². The highest BCUT2D eigenvalue weighted by Crippen LogP contribution is 2.18. The number of hydrogen-bond donors (Lipinski definition) is 0. The molecule has 0 atom stereocenters. The summed E-state index contributed by atoms with van der Waals surface area (Å²) in [5.74, 6) is -0.294. The van der Waals surface area contributed by atoms with Crippen LogP contribution in [0, 0.1) is 12.7 Å². The number of rotatable bonds is 3. The first-order chi connectivity index (χ1) is 10.1. The molecule has 2 heteroatoms. The molecule has 0 N–H and O–H groups in total. The summed E-state index contributed by atoms with van der Waals surface area (Å²) in [6.45, 7) is 1.76. The van der Waals surface area contributed by atoms with Crippen LogP contribution in [0.5, 0.6) is 0 Å². The van der Waals surface area contributed by atoms with Gasteiger partial charge in [0.25, 0.3) is 0 Å². The van der Waals surface area contributed by atoms with Crippen LogP contribution in [0.4, 0.5) is 4.39 Å². The Labute approximate surface area is 123 Å². The van der Waals surface area contributed by atoms with Crippen LogP contribution in [0.3, 0.4) is 0 Å². The second-order valence-corrected chi connectivity index (χ2v) is 5.24. The topological polar surface area (TPSA) is 17.1 Å². The Kier molecular flexibility index (Phi) is 3.53. The highest BCUT2D eigenvalue weighted by molar-refractivity contribution is 5.99. The van der Waals surface area contributed by atoms with Crippen molar-refractivity contribution in [3.05, 3.63) is 83.2 Å². The van der Waals surface area contributed by atoms with Gasteiger partial charge >= 0.3 is 0 Å². The lowest BCUT2D eigenvalue weighted by Crippen LogP contribution is -2.06. The minimum Gasteiger partial charge on any atom is -0.294 e. The molecule has 3 aromatic rings. The SMILES string of the molecule is Cc1cc(F)ccc1C(=O)Cc1ccc2ccccc2c1. The van der Waals surface area contributed by atoms with E-state index in [9.17, 15) is 9.18 Å². The Balaban J connectivity index is 1.89. The standard InChI is InChI=1S/C19H15FO/c1-13-10-17(20)8-9-18(13)19(21)12-14-6-7-15-4-2-3-5-16(15)11-14/h2-11H,12H2,1H3. The van der Waals surface area contributed by atoms with Crippen LogP contribution in [0.1, 0.15) is 21.5 Å². The molecule has 0 spiro atoms. The highest BCUT2D eigenvalue weighted by Gasteiger charge is 2.11. The van der Waals surface area contributed by atoms with Gasteiger partial charge < -0.3 is 0 Å². The van der Waals surface area contributed by atoms with E-state index in [1.807, 2.05) is 42.5 Å². The van der Waals surface area contributed by atoms with Crippen LogP contribution in [-0.2, 0) is 6.42 Å². The Bertz CT molecular complexity index is 821. The van der Waals surface area contributed by atoms with Crippen LogP contribution < -0.4 is 0 Å². The molecule has 0 aromatic heterocycles. The van der Waals surface area contributed by atoms with Crippen LogP contribution in [0.2, 0.25) is 0 Å². The van der Waals surface area contributed by atoms with Gasteiger partial charge in [0, 0.05) is 12.0 Å². The third-order valence-electron chi connectivity index (χ3n) is 3.67. The molecule has 3 rings (SSSR count). The van der Waals surface area contributed by atoms with Crippen molar-refractivity contribution in [1.29, 1.82) is 0 Å². The summed E-state index contributed by atoms with van der Waals surface area (Å²) in [4.78, 5) is 12.4. The van der Waals surface area contributed by atoms with Gasteiger partial charge in [0.05, 0.1) is 0 Å². The van der Waals surface area contributed by atoms with Crippen LogP contribution >= 0.6 is 0 Å². The second-order valence-electron chi connectivity index (χ2n) is 5.24. The zero-order chi connectivity index (χ0) is 14.8. The van der Waals surface area contributed by atoms with Gasteiger partial charge in [0.1, 0.15) is 5.82 Å². The van der Waals surface area contributed by atoms with Gasteiger partial charge in [-0.2, -0.15) is 0 Å². The fourth-order valence-electron chi connectivity index (χ4n) is 2.57. The van der Waals surface area contributed by atoms with E-state index in [2.05, 4.69) is 0 Å². The molecule has 0 aliphatic carbocycles. The van der Waals surface area contributed by atoms with Crippen molar-refractivity contribution in [3.8, 4) is 0 Å². The summed E-state index contributed by atoms with van der Waals surface area (Å²) >= 11 is 0. The average Bonchev–Trinajstić information content (AvgIpc) is 2.47. The van der Waals surface area contributed by atoms with Crippen LogP contribution in [-0.4, -0.2) is 5.78 Å². The smallest absolute Gasteiger partial charge is 0.167 e. The summed E-state index contributed by atoms with van der Waals surface area (Å²) in [5, 5.41) is 2.28. The van der Waals surface area contributed by atoms with Gasteiger partial charge in [-0.3, -0.25) is 4.79 Å². The second kappa shape index (κ2) is 5.49. The van der Waals surface area contributed by atoms with Crippen molar-refractivity contribution in [2.45, 2.75) is 13.3 Å². The van der Waals surface area contributed by atoms with Gasteiger partial charge in [-0.1, -0.05) is 42.5 Å². The maximum Gasteiger partial charge on any atom is 0.167 e. The number of hydrogen-bond acceptors (Lipinski definition) is 1. The minimum absolute atomic E-state index is 0.0165. The first-order valence-corrected chi connectivity index (χ1v) is 6.90. The van der Waals surface area contributed by atoms with E-state index in [0.29, 0.717) is 17.5 Å². The molecule has 0 amide bonds. The molecule has 0 aliphatic rings. The number of halogens is 1. The molecule has 104 valence electrons. The Morgan fingerprint density at radius 3 is 2.48 bits per heavy atom. The Morgan fingerprint density at radius 1 is 0.952 bits per heavy atom. The van der Waals surface area contributed by atoms with Crippen molar-refractivity contribution < 1.29 is 9.18 Å². The molecule has 3 aromatic carbocycles. The van der Waals surface area contributed by atoms with E-state index < -0.39 is 0 Å². The van der Waals surface area contributed by atoms with E-state index in [1.54, 1.807) is 13.0 Å². The molecule has 0 radical (unpaired) electrons. The largest absolute Gasteiger partial charge is 0.294 e. The number of benzene rings is 3. The molecule has 0 bridgehead atoms. The summed E-state index contributed by atoms with van der Waals surface area (Å²) < 4.78 is 13.1. The highest BCUT2D eigenvalue weighted by atomic mass is 19.1. The molecule has 0 saturated heterocycles. The van der Waals surface area contributed by atoms with E-state index in [4.69, 9.17) is 0 Å². The van der Waals surface area contributed by atoms with E-state index in [1.165, 1.54) is 12.1 Å². The van der Waals surface area contributed by atoms with Crippen molar-refractivity contribution in [2.24, 2.45) is 0 Å². The summed E-state index contributed by atoms with van der Waals surface area (Å²) in [6.07, 6.45) is 0.331.